The van der Waals surface area contributed by atoms with Crippen molar-refractivity contribution in [2.75, 3.05) is 12.8 Å². The van der Waals surface area contributed by atoms with E-state index in [4.69, 9.17) is 19.9 Å². The Balaban J connectivity index is 1.44. The molecule has 2 aromatic heterocycles. The highest BCUT2D eigenvalue weighted by Gasteiger charge is 2.25. The van der Waals surface area contributed by atoms with E-state index in [1.807, 2.05) is 24.3 Å². The Kier molecular flexibility index (Phi) is 6.75. The van der Waals surface area contributed by atoms with Gasteiger partial charge in [0.05, 0.1) is 30.0 Å². The number of anilines is 1. The predicted molar refractivity (Wildman–Crippen MR) is 137 cm³/mol. The van der Waals surface area contributed by atoms with Crippen molar-refractivity contribution in [3.8, 4) is 11.4 Å². The Bertz CT molecular complexity index is 1350. The number of benzene rings is 2. The fourth-order valence-corrected chi connectivity index (χ4v) is 5.01. The van der Waals surface area contributed by atoms with Gasteiger partial charge in [-0.1, -0.05) is 31.4 Å². The third-order valence-electron chi connectivity index (χ3n) is 6.88. The molecule has 5 rings (SSSR count). The molecule has 2 heterocycles. The van der Waals surface area contributed by atoms with Crippen LogP contribution in [0.25, 0.3) is 22.4 Å². The van der Waals surface area contributed by atoms with Gasteiger partial charge in [0, 0.05) is 23.7 Å². The molecule has 186 valence electrons. The molecule has 1 unspecified atom stereocenters. The number of hydrogen-bond donors (Lipinski definition) is 2. The molecule has 8 heteroatoms. The van der Waals surface area contributed by atoms with Gasteiger partial charge in [-0.25, -0.2) is 9.78 Å². The van der Waals surface area contributed by atoms with Gasteiger partial charge in [0.25, 0.3) is 5.91 Å². The molecule has 1 aliphatic rings. The van der Waals surface area contributed by atoms with Crippen molar-refractivity contribution < 1.29 is 18.7 Å². The molecule has 0 bridgehead atoms. The van der Waals surface area contributed by atoms with Gasteiger partial charge in [-0.15, -0.1) is 0 Å². The first-order valence-electron chi connectivity index (χ1n) is 12.3. The summed E-state index contributed by atoms with van der Waals surface area (Å²) in [5, 5.41) is 2.83. The smallest absolute Gasteiger partial charge is 0.328 e. The van der Waals surface area contributed by atoms with Crippen LogP contribution in [0.3, 0.4) is 0 Å². The van der Waals surface area contributed by atoms with Crippen LogP contribution in [0.5, 0.6) is 0 Å². The maximum atomic E-state index is 13.2. The number of hydrogen-bond acceptors (Lipinski definition) is 6. The van der Waals surface area contributed by atoms with Crippen molar-refractivity contribution in [3.05, 3.63) is 72.2 Å². The Morgan fingerprint density at radius 3 is 2.61 bits per heavy atom. The molecular formula is C28H30N4O4. The van der Waals surface area contributed by atoms with Crippen LogP contribution in [0.15, 0.2) is 65.5 Å². The van der Waals surface area contributed by atoms with Crippen LogP contribution in [-0.2, 0) is 16.0 Å². The standard InChI is InChI=1S/C28H30N4O4/c1-35-28(34)24(15-18-7-10-21(29)11-8-18)31-27(33)19-9-12-25-23(16-19)30-26(20-13-14-36-17-20)32(25)22-5-3-2-4-6-22/h7-14,16-17,22,24H,2-6,15,29H2,1H3,(H,31,33). The lowest BCUT2D eigenvalue weighted by Crippen LogP contribution is -2.43. The molecule has 3 N–H and O–H groups in total. The van der Waals surface area contributed by atoms with Crippen molar-refractivity contribution in [2.24, 2.45) is 0 Å². The average Bonchev–Trinajstić information content (AvgIpc) is 3.57. The SMILES string of the molecule is COC(=O)C(Cc1ccc(N)cc1)NC(=O)c1ccc2c(c1)nc(-c1ccoc1)n2C1CCCCC1. The zero-order valence-corrected chi connectivity index (χ0v) is 20.3. The molecule has 0 saturated heterocycles. The number of furan rings is 1. The van der Waals surface area contributed by atoms with E-state index in [1.54, 1.807) is 36.8 Å². The van der Waals surface area contributed by atoms with Crippen LogP contribution < -0.4 is 11.1 Å². The highest BCUT2D eigenvalue weighted by Crippen LogP contribution is 2.36. The number of imidazole rings is 1. The molecule has 0 spiro atoms. The lowest BCUT2D eigenvalue weighted by molar-refractivity contribution is -0.142. The van der Waals surface area contributed by atoms with E-state index >= 15 is 0 Å². The molecule has 1 saturated carbocycles. The number of nitrogens with one attached hydrogen (secondary N) is 1. The highest BCUT2D eigenvalue weighted by molar-refractivity contribution is 5.99. The fraction of sp³-hybridized carbons (Fsp3) is 0.321. The molecule has 8 nitrogen and oxygen atoms in total. The maximum Gasteiger partial charge on any atom is 0.328 e. The Labute approximate surface area is 209 Å². The monoisotopic (exact) mass is 486 g/mol. The molecule has 1 amide bonds. The Morgan fingerprint density at radius 2 is 1.92 bits per heavy atom. The van der Waals surface area contributed by atoms with E-state index in [0.717, 1.165) is 40.8 Å². The number of nitrogen functional groups attached to an aromatic ring is 1. The minimum absolute atomic E-state index is 0.294. The lowest BCUT2D eigenvalue weighted by Gasteiger charge is -2.25. The molecule has 1 atom stereocenters. The van der Waals surface area contributed by atoms with Crippen molar-refractivity contribution in [1.29, 1.82) is 0 Å². The number of carbonyl (C=O) groups excluding carboxylic acids is 2. The number of nitrogens with two attached hydrogens (primary N) is 1. The van der Waals surface area contributed by atoms with Crippen molar-refractivity contribution >= 4 is 28.6 Å². The number of rotatable bonds is 7. The molecule has 4 aromatic rings. The summed E-state index contributed by atoms with van der Waals surface area (Å²) in [6, 6.07) is 14.1. The molecule has 1 fully saturated rings. The number of methoxy groups -OCH3 is 1. The first-order chi connectivity index (χ1) is 17.5. The van der Waals surface area contributed by atoms with Gasteiger partial charge < -0.3 is 24.8 Å². The van der Waals surface area contributed by atoms with Crippen LogP contribution in [0.4, 0.5) is 5.69 Å². The van der Waals surface area contributed by atoms with E-state index < -0.39 is 12.0 Å². The number of aromatic nitrogens is 2. The molecule has 0 aliphatic heterocycles. The van der Waals surface area contributed by atoms with Crippen LogP contribution >= 0.6 is 0 Å². The van der Waals surface area contributed by atoms with Gasteiger partial charge >= 0.3 is 5.97 Å². The summed E-state index contributed by atoms with van der Waals surface area (Å²) in [5.74, 6) is -0.0242. The van der Waals surface area contributed by atoms with Crippen LogP contribution in [-0.4, -0.2) is 34.6 Å². The van der Waals surface area contributed by atoms with Crippen LogP contribution in [0.2, 0.25) is 0 Å². The van der Waals surface area contributed by atoms with E-state index in [-0.39, 0.29) is 5.91 Å². The predicted octanol–water partition coefficient (Wildman–Crippen LogP) is 4.90. The first-order valence-corrected chi connectivity index (χ1v) is 12.3. The lowest BCUT2D eigenvalue weighted by atomic mass is 9.95. The highest BCUT2D eigenvalue weighted by atomic mass is 16.5. The Morgan fingerprint density at radius 1 is 1.14 bits per heavy atom. The van der Waals surface area contributed by atoms with Gasteiger partial charge in [0.1, 0.15) is 18.1 Å². The number of fused-ring (bicyclic) bond motifs is 1. The second-order valence-corrected chi connectivity index (χ2v) is 9.31. The number of ether oxygens (including phenoxy) is 1. The van der Waals surface area contributed by atoms with E-state index in [9.17, 15) is 9.59 Å². The molecule has 1 aliphatic carbocycles. The van der Waals surface area contributed by atoms with Gasteiger partial charge in [-0.05, 0) is 54.8 Å². The summed E-state index contributed by atoms with van der Waals surface area (Å²) in [4.78, 5) is 30.5. The summed E-state index contributed by atoms with van der Waals surface area (Å²) in [7, 11) is 1.31. The minimum Gasteiger partial charge on any atom is -0.472 e. The second kappa shape index (κ2) is 10.3. The Hall–Kier alpha value is -4.07. The van der Waals surface area contributed by atoms with Gasteiger partial charge in [0.15, 0.2) is 0 Å². The summed E-state index contributed by atoms with van der Waals surface area (Å²) >= 11 is 0. The number of carbonyl (C=O) groups is 2. The first kappa shape index (κ1) is 23.7. The third-order valence-corrected chi connectivity index (χ3v) is 6.88. The minimum atomic E-state index is -0.830. The number of esters is 1. The van der Waals surface area contributed by atoms with E-state index in [0.29, 0.717) is 23.7 Å². The largest absolute Gasteiger partial charge is 0.472 e. The summed E-state index contributed by atoms with van der Waals surface area (Å²) < 4.78 is 12.6. The molecular weight excluding hydrogens is 456 g/mol. The average molecular weight is 487 g/mol. The molecule has 36 heavy (non-hydrogen) atoms. The van der Waals surface area contributed by atoms with Gasteiger partial charge in [0.2, 0.25) is 0 Å². The molecule has 0 radical (unpaired) electrons. The maximum absolute atomic E-state index is 13.2. The van der Waals surface area contributed by atoms with Crippen molar-refractivity contribution in [3.63, 3.8) is 0 Å². The second-order valence-electron chi connectivity index (χ2n) is 9.31. The topological polar surface area (TPSA) is 112 Å². The van der Waals surface area contributed by atoms with Crippen LogP contribution in [0.1, 0.15) is 54.1 Å². The number of nitrogens with zero attached hydrogens (tertiary/aromatic N) is 2. The zero-order valence-electron chi connectivity index (χ0n) is 20.3. The third kappa shape index (κ3) is 4.84. The van der Waals surface area contributed by atoms with Crippen LogP contribution in [0, 0.1) is 0 Å². The van der Waals surface area contributed by atoms with E-state index in [1.165, 1.54) is 26.4 Å². The van der Waals surface area contributed by atoms with Gasteiger partial charge in [-0.2, -0.15) is 0 Å². The van der Waals surface area contributed by atoms with Gasteiger partial charge in [-0.3, -0.25) is 4.79 Å². The fourth-order valence-electron chi connectivity index (χ4n) is 5.01. The quantitative estimate of drug-likeness (QED) is 0.284. The summed E-state index contributed by atoms with van der Waals surface area (Å²) in [6.45, 7) is 0. The van der Waals surface area contributed by atoms with Crippen molar-refractivity contribution in [2.45, 2.75) is 50.6 Å². The number of amides is 1. The zero-order chi connectivity index (χ0) is 25.1. The summed E-state index contributed by atoms with van der Waals surface area (Å²) in [6.07, 6.45) is 9.49. The normalized spacial score (nSPS) is 15.0. The van der Waals surface area contributed by atoms with E-state index in [2.05, 4.69) is 9.88 Å². The molecule has 2 aromatic carbocycles. The van der Waals surface area contributed by atoms with Crippen molar-refractivity contribution in [1.82, 2.24) is 14.9 Å². The summed E-state index contributed by atoms with van der Waals surface area (Å²) in [5.41, 5.74) is 10.3.